The van der Waals surface area contributed by atoms with E-state index in [4.69, 9.17) is 14.7 Å². The summed E-state index contributed by atoms with van der Waals surface area (Å²) < 4.78 is 5.24. The second-order valence-corrected chi connectivity index (χ2v) is 8.54. The number of benzene rings is 2. The average Bonchev–Trinajstić information content (AvgIpc) is 2.83. The second kappa shape index (κ2) is 10.6. The first-order valence-electron chi connectivity index (χ1n) is 11.3. The van der Waals surface area contributed by atoms with E-state index in [2.05, 4.69) is 83.8 Å². The van der Waals surface area contributed by atoms with Gasteiger partial charge in [0, 0.05) is 56.7 Å². The summed E-state index contributed by atoms with van der Waals surface area (Å²) in [5.41, 5.74) is 4.24. The van der Waals surface area contributed by atoms with Gasteiger partial charge in [-0.15, -0.1) is 0 Å². The Kier molecular flexibility index (Phi) is 7.35. The minimum atomic E-state index is 0.367. The molecule has 1 fully saturated rings. The minimum Gasteiger partial charge on any atom is -0.383 e. The molecule has 1 N–H and O–H groups in total. The second-order valence-electron chi connectivity index (χ2n) is 8.54. The predicted octanol–water partition coefficient (Wildman–Crippen LogP) is 4.78. The Morgan fingerprint density at radius 1 is 1.00 bits per heavy atom. The van der Waals surface area contributed by atoms with Crippen LogP contribution in [0.15, 0.2) is 60.7 Å². The molecule has 2 aromatic carbocycles. The fourth-order valence-corrected chi connectivity index (χ4v) is 4.11. The molecule has 0 spiro atoms. The van der Waals surface area contributed by atoms with Crippen molar-refractivity contribution in [3.63, 3.8) is 0 Å². The third-order valence-electron chi connectivity index (χ3n) is 6.01. The molecule has 6 heteroatoms. The standard InChI is InChI=1S/C26H33N5O/c1-30(2)23-11-7-10-22(18-23)27-25-19-24(20-8-5-4-6-9-20)28-26(29-25)21-12-14-31(15-13-21)16-17-32-3/h4-11,18-19,21H,12-17H2,1-3H3,(H,27,28,29). The van der Waals surface area contributed by atoms with Crippen LogP contribution in [-0.2, 0) is 4.74 Å². The normalized spacial score (nSPS) is 15.0. The highest BCUT2D eigenvalue weighted by atomic mass is 16.5. The monoisotopic (exact) mass is 431 g/mol. The molecule has 1 aliphatic rings. The Bertz CT molecular complexity index is 1000. The van der Waals surface area contributed by atoms with E-state index >= 15 is 0 Å². The molecule has 32 heavy (non-hydrogen) atoms. The van der Waals surface area contributed by atoms with E-state index in [0.717, 1.165) is 73.4 Å². The fraction of sp³-hybridized carbons (Fsp3) is 0.385. The summed E-state index contributed by atoms with van der Waals surface area (Å²) in [6, 6.07) is 20.8. The van der Waals surface area contributed by atoms with Gasteiger partial charge in [-0.25, -0.2) is 9.97 Å². The predicted molar refractivity (Wildman–Crippen MR) is 132 cm³/mol. The van der Waals surface area contributed by atoms with Crippen LogP contribution < -0.4 is 10.2 Å². The van der Waals surface area contributed by atoms with Crippen molar-refractivity contribution in [2.75, 3.05) is 57.7 Å². The van der Waals surface area contributed by atoms with Crippen molar-refractivity contribution in [1.82, 2.24) is 14.9 Å². The lowest BCUT2D eigenvalue weighted by Crippen LogP contribution is -2.35. The van der Waals surface area contributed by atoms with Crippen LogP contribution in [0.1, 0.15) is 24.6 Å². The Labute approximate surface area is 191 Å². The van der Waals surface area contributed by atoms with Gasteiger partial charge in [-0.05, 0) is 44.1 Å². The van der Waals surface area contributed by atoms with Gasteiger partial charge < -0.3 is 19.9 Å². The SMILES string of the molecule is COCCN1CCC(c2nc(Nc3cccc(N(C)C)c3)cc(-c3ccccc3)n2)CC1. The van der Waals surface area contributed by atoms with Crippen LogP contribution in [0.5, 0.6) is 0 Å². The van der Waals surface area contributed by atoms with E-state index in [1.54, 1.807) is 7.11 Å². The molecule has 168 valence electrons. The molecule has 0 unspecified atom stereocenters. The number of rotatable bonds is 8. The van der Waals surface area contributed by atoms with Crippen LogP contribution >= 0.6 is 0 Å². The largest absolute Gasteiger partial charge is 0.383 e. The van der Waals surface area contributed by atoms with Crippen LogP contribution in [0.25, 0.3) is 11.3 Å². The van der Waals surface area contributed by atoms with Crippen molar-refractivity contribution >= 4 is 17.2 Å². The Morgan fingerprint density at radius 3 is 2.50 bits per heavy atom. The molecule has 1 saturated heterocycles. The van der Waals surface area contributed by atoms with Gasteiger partial charge >= 0.3 is 0 Å². The molecule has 0 bridgehead atoms. The molecule has 4 rings (SSSR count). The Balaban J connectivity index is 1.60. The zero-order valence-corrected chi connectivity index (χ0v) is 19.3. The number of hydrogen-bond acceptors (Lipinski definition) is 6. The summed E-state index contributed by atoms with van der Waals surface area (Å²) in [6.45, 7) is 3.88. The maximum atomic E-state index is 5.24. The third-order valence-corrected chi connectivity index (χ3v) is 6.01. The molecule has 3 aromatic rings. The summed E-state index contributed by atoms with van der Waals surface area (Å²) in [4.78, 5) is 14.5. The average molecular weight is 432 g/mol. The topological polar surface area (TPSA) is 53.5 Å². The summed E-state index contributed by atoms with van der Waals surface area (Å²) in [6.07, 6.45) is 2.13. The molecule has 0 saturated carbocycles. The van der Waals surface area contributed by atoms with Gasteiger partial charge in [0.05, 0.1) is 12.3 Å². The number of piperidine rings is 1. The Hall–Kier alpha value is -2.96. The van der Waals surface area contributed by atoms with Gasteiger partial charge in [0.1, 0.15) is 11.6 Å². The number of aromatic nitrogens is 2. The molecule has 0 atom stereocenters. The minimum absolute atomic E-state index is 0.367. The van der Waals surface area contributed by atoms with Crippen molar-refractivity contribution in [3.05, 3.63) is 66.5 Å². The molecule has 0 radical (unpaired) electrons. The summed E-state index contributed by atoms with van der Waals surface area (Å²) >= 11 is 0. The molecule has 1 aromatic heterocycles. The van der Waals surface area contributed by atoms with Crippen LogP contribution in [-0.4, -0.2) is 62.3 Å². The van der Waals surface area contributed by atoms with E-state index in [0.29, 0.717) is 5.92 Å². The number of hydrogen-bond donors (Lipinski definition) is 1. The molecule has 0 amide bonds. The maximum absolute atomic E-state index is 5.24. The van der Waals surface area contributed by atoms with E-state index in [1.807, 2.05) is 6.07 Å². The van der Waals surface area contributed by atoms with Crippen LogP contribution in [0, 0.1) is 0 Å². The number of nitrogens with one attached hydrogen (secondary N) is 1. The van der Waals surface area contributed by atoms with Crippen LogP contribution in [0.3, 0.4) is 0 Å². The summed E-state index contributed by atoms with van der Waals surface area (Å²) in [7, 11) is 5.86. The van der Waals surface area contributed by atoms with Crippen LogP contribution in [0.2, 0.25) is 0 Å². The number of likely N-dealkylation sites (tertiary alicyclic amines) is 1. The van der Waals surface area contributed by atoms with Crippen molar-refractivity contribution in [1.29, 1.82) is 0 Å². The van der Waals surface area contributed by atoms with E-state index in [-0.39, 0.29) is 0 Å². The third kappa shape index (κ3) is 5.64. The highest BCUT2D eigenvalue weighted by Gasteiger charge is 2.23. The van der Waals surface area contributed by atoms with E-state index in [1.165, 1.54) is 0 Å². The zero-order valence-electron chi connectivity index (χ0n) is 19.3. The lowest BCUT2D eigenvalue weighted by Gasteiger charge is -2.31. The summed E-state index contributed by atoms with van der Waals surface area (Å²) in [5.74, 6) is 2.14. The number of methoxy groups -OCH3 is 1. The van der Waals surface area contributed by atoms with E-state index < -0.39 is 0 Å². The van der Waals surface area contributed by atoms with Crippen molar-refractivity contribution in [2.45, 2.75) is 18.8 Å². The number of ether oxygens (including phenoxy) is 1. The Morgan fingerprint density at radius 2 is 1.78 bits per heavy atom. The molecular weight excluding hydrogens is 398 g/mol. The van der Waals surface area contributed by atoms with Gasteiger partial charge in [-0.2, -0.15) is 0 Å². The van der Waals surface area contributed by atoms with Gasteiger partial charge in [-0.1, -0.05) is 36.4 Å². The lowest BCUT2D eigenvalue weighted by molar-refractivity contribution is 0.129. The van der Waals surface area contributed by atoms with Crippen LogP contribution in [0.4, 0.5) is 17.2 Å². The fourth-order valence-electron chi connectivity index (χ4n) is 4.11. The first-order valence-corrected chi connectivity index (χ1v) is 11.3. The first-order chi connectivity index (χ1) is 15.6. The summed E-state index contributed by atoms with van der Waals surface area (Å²) in [5, 5.41) is 3.52. The number of nitrogens with zero attached hydrogens (tertiary/aromatic N) is 4. The van der Waals surface area contributed by atoms with Crippen molar-refractivity contribution in [3.8, 4) is 11.3 Å². The van der Waals surface area contributed by atoms with Crippen molar-refractivity contribution < 1.29 is 4.74 Å². The maximum Gasteiger partial charge on any atom is 0.134 e. The van der Waals surface area contributed by atoms with Crippen molar-refractivity contribution in [2.24, 2.45) is 0 Å². The highest BCUT2D eigenvalue weighted by Crippen LogP contribution is 2.30. The van der Waals surface area contributed by atoms with Gasteiger partial charge in [0.25, 0.3) is 0 Å². The van der Waals surface area contributed by atoms with Gasteiger partial charge in [0.2, 0.25) is 0 Å². The molecule has 6 nitrogen and oxygen atoms in total. The van der Waals surface area contributed by atoms with E-state index in [9.17, 15) is 0 Å². The smallest absolute Gasteiger partial charge is 0.134 e. The highest BCUT2D eigenvalue weighted by molar-refractivity contribution is 5.67. The van der Waals surface area contributed by atoms with Gasteiger partial charge in [0.15, 0.2) is 0 Å². The lowest BCUT2D eigenvalue weighted by atomic mass is 9.95. The zero-order chi connectivity index (χ0) is 22.3. The number of anilines is 3. The molecule has 2 heterocycles. The first kappa shape index (κ1) is 22.2. The molecular formula is C26H33N5O. The molecule has 0 aliphatic carbocycles. The quantitative estimate of drug-likeness (QED) is 0.554. The molecule has 1 aliphatic heterocycles. The van der Waals surface area contributed by atoms with Gasteiger partial charge in [-0.3, -0.25) is 0 Å².